The molecule has 0 atom stereocenters. The zero-order valence-corrected chi connectivity index (χ0v) is 19.3. The topological polar surface area (TPSA) is 64.0 Å². The van der Waals surface area contributed by atoms with Gasteiger partial charge in [-0.3, -0.25) is 14.2 Å². The Balaban J connectivity index is 1.84. The van der Waals surface area contributed by atoms with Gasteiger partial charge in [0.2, 0.25) is 5.91 Å². The molecule has 0 bridgehead atoms. The Morgan fingerprint density at radius 2 is 2.03 bits per heavy atom. The van der Waals surface area contributed by atoms with E-state index in [1.807, 2.05) is 32.0 Å². The van der Waals surface area contributed by atoms with Gasteiger partial charge in [0.1, 0.15) is 4.83 Å². The van der Waals surface area contributed by atoms with Gasteiger partial charge in [-0.2, -0.15) is 0 Å². The molecule has 0 radical (unpaired) electrons. The Labute approximate surface area is 184 Å². The summed E-state index contributed by atoms with van der Waals surface area (Å²) in [5, 5.41) is 4.25. The van der Waals surface area contributed by atoms with Gasteiger partial charge in [-0.15, -0.1) is 11.3 Å². The number of rotatable bonds is 6. The molecule has 1 aromatic carbocycles. The van der Waals surface area contributed by atoms with Crippen LogP contribution in [0, 0.1) is 13.8 Å². The predicted octanol–water partition coefficient (Wildman–Crippen LogP) is 4.56. The molecule has 30 heavy (non-hydrogen) atoms. The second kappa shape index (κ2) is 8.94. The molecule has 3 aromatic rings. The normalized spacial score (nSPS) is 13.4. The molecule has 5 nitrogen and oxygen atoms in total. The van der Waals surface area contributed by atoms with Crippen molar-refractivity contribution in [1.29, 1.82) is 0 Å². The van der Waals surface area contributed by atoms with Crippen LogP contribution in [-0.2, 0) is 17.6 Å². The molecule has 1 amide bonds. The molecule has 158 valence electrons. The molecule has 2 heterocycles. The molecule has 0 fully saturated rings. The number of nitrogens with zero attached hydrogens (tertiary/aromatic N) is 2. The average molecular weight is 442 g/mol. The standard InChI is InChI=1S/C23H27N3O2S2/c1-4-11-24-19(27)13-29-23-25-21-20(17-7-5-6-8-18(17)30-21)22(28)26(23)16-10-9-14(2)15(3)12-16/h9-10,12H,4-8,11,13H2,1-3H3,(H,24,27). The van der Waals surface area contributed by atoms with Crippen LogP contribution >= 0.6 is 23.1 Å². The second-order valence-corrected chi connectivity index (χ2v) is 9.86. The van der Waals surface area contributed by atoms with Gasteiger partial charge >= 0.3 is 0 Å². The number of benzene rings is 1. The third-order valence-corrected chi connectivity index (χ3v) is 7.74. The number of aromatic nitrogens is 2. The van der Waals surface area contributed by atoms with E-state index < -0.39 is 0 Å². The molecular weight excluding hydrogens is 414 g/mol. The first kappa shape index (κ1) is 21.1. The van der Waals surface area contributed by atoms with Crippen molar-refractivity contribution in [3.8, 4) is 5.69 Å². The number of hydrogen-bond acceptors (Lipinski definition) is 5. The van der Waals surface area contributed by atoms with Gasteiger partial charge in [0.15, 0.2) is 5.16 Å². The molecule has 0 saturated carbocycles. The number of amides is 1. The lowest BCUT2D eigenvalue weighted by molar-refractivity contribution is -0.118. The molecule has 0 saturated heterocycles. The molecule has 0 unspecified atom stereocenters. The summed E-state index contributed by atoms with van der Waals surface area (Å²) >= 11 is 2.98. The fourth-order valence-electron chi connectivity index (χ4n) is 3.82. The number of carbonyl (C=O) groups is 1. The van der Waals surface area contributed by atoms with Gasteiger partial charge < -0.3 is 5.32 Å². The maximum atomic E-state index is 13.7. The summed E-state index contributed by atoms with van der Waals surface area (Å²) in [6.45, 7) is 6.80. The minimum atomic E-state index is -0.0340. The molecule has 1 aliphatic carbocycles. The van der Waals surface area contributed by atoms with Crippen LogP contribution in [0.2, 0.25) is 0 Å². The van der Waals surface area contributed by atoms with E-state index in [1.165, 1.54) is 34.2 Å². The Kier molecular flexibility index (Phi) is 6.29. The van der Waals surface area contributed by atoms with Gasteiger partial charge in [0.05, 0.1) is 16.8 Å². The van der Waals surface area contributed by atoms with Crippen molar-refractivity contribution in [3.63, 3.8) is 0 Å². The maximum absolute atomic E-state index is 13.7. The van der Waals surface area contributed by atoms with E-state index in [4.69, 9.17) is 4.98 Å². The highest BCUT2D eigenvalue weighted by Crippen LogP contribution is 2.35. The summed E-state index contributed by atoms with van der Waals surface area (Å²) in [5.74, 6) is 0.210. The zero-order valence-electron chi connectivity index (χ0n) is 17.7. The van der Waals surface area contributed by atoms with Crippen molar-refractivity contribution in [1.82, 2.24) is 14.9 Å². The SMILES string of the molecule is CCCNC(=O)CSc1nc2sc3c(c2c(=O)n1-c1ccc(C)c(C)c1)CCCC3. The van der Waals surface area contributed by atoms with E-state index >= 15 is 0 Å². The highest BCUT2D eigenvalue weighted by atomic mass is 32.2. The number of aryl methyl sites for hydroxylation is 4. The third kappa shape index (κ3) is 4.05. The molecule has 0 aliphatic heterocycles. The van der Waals surface area contributed by atoms with Gasteiger partial charge in [0.25, 0.3) is 5.56 Å². The first-order valence-electron chi connectivity index (χ1n) is 10.5. The molecule has 0 spiro atoms. The largest absolute Gasteiger partial charge is 0.355 e. The van der Waals surface area contributed by atoms with E-state index in [2.05, 4.69) is 12.2 Å². The lowest BCUT2D eigenvalue weighted by atomic mass is 9.97. The quantitative estimate of drug-likeness (QED) is 0.450. The van der Waals surface area contributed by atoms with Crippen LogP contribution < -0.4 is 10.9 Å². The summed E-state index contributed by atoms with van der Waals surface area (Å²) in [7, 11) is 0. The molecule has 1 N–H and O–H groups in total. The molecule has 2 aromatic heterocycles. The van der Waals surface area contributed by atoms with Gasteiger partial charge in [-0.1, -0.05) is 24.8 Å². The summed E-state index contributed by atoms with van der Waals surface area (Å²) in [5.41, 5.74) is 4.29. The van der Waals surface area contributed by atoms with Crippen molar-refractivity contribution < 1.29 is 4.79 Å². The van der Waals surface area contributed by atoms with Gasteiger partial charge in [-0.05, 0) is 74.8 Å². The van der Waals surface area contributed by atoms with Crippen molar-refractivity contribution in [3.05, 3.63) is 50.1 Å². The van der Waals surface area contributed by atoms with Crippen molar-refractivity contribution in [2.45, 2.75) is 58.0 Å². The second-order valence-electron chi connectivity index (χ2n) is 7.83. The number of fused-ring (bicyclic) bond motifs is 3. The molecular formula is C23H27N3O2S2. The Morgan fingerprint density at radius 1 is 1.23 bits per heavy atom. The smallest absolute Gasteiger partial charge is 0.267 e. The summed E-state index contributed by atoms with van der Waals surface area (Å²) in [6.07, 6.45) is 5.17. The van der Waals surface area contributed by atoms with Gasteiger partial charge in [0, 0.05) is 11.4 Å². The highest BCUT2D eigenvalue weighted by Gasteiger charge is 2.23. The Bertz CT molecular complexity index is 1160. The summed E-state index contributed by atoms with van der Waals surface area (Å²) in [6, 6.07) is 6.04. The number of carbonyl (C=O) groups excluding carboxylic acids is 1. The van der Waals surface area contributed by atoms with E-state index in [0.29, 0.717) is 11.7 Å². The van der Waals surface area contributed by atoms with Crippen molar-refractivity contribution >= 4 is 39.2 Å². The summed E-state index contributed by atoms with van der Waals surface area (Å²) < 4.78 is 1.70. The first-order chi connectivity index (χ1) is 14.5. The van der Waals surface area contributed by atoms with E-state index in [1.54, 1.807) is 15.9 Å². The molecule has 1 aliphatic rings. The predicted molar refractivity (Wildman–Crippen MR) is 125 cm³/mol. The van der Waals surface area contributed by atoms with Crippen molar-refractivity contribution in [2.75, 3.05) is 12.3 Å². The van der Waals surface area contributed by atoms with Crippen LogP contribution in [0.3, 0.4) is 0 Å². The Morgan fingerprint density at radius 3 is 2.80 bits per heavy atom. The number of thioether (sulfide) groups is 1. The maximum Gasteiger partial charge on any atom is 0.267 e. The number of thiophene rings is 1. The average Bonchev–Trinajstić information content (AvgIpc) is 3.11. The molecule has 4 rings (SSSR count). The monoisotopic (exact) mass is 441 g/mol. The van der Waals surface area contributed by atoms with Crippen LogP contribution in [0.5, 0.6) is 0 Å². The third-order valence-electron chi connectivity index (χ3n) is 5.61. The number of hydrogen-bond donors (Lipinski definition) is 1. The lowest BCUT2D eigenvalue weighted by Gasteiger charge is -2.14. The zero-order chi connectivity index (χ0) is 21.3. The van der Waals surface area contributed by atoms with Crippen LogP contribution in [0.15, 0.2) is 28.2 Å². The fraction of sp³-hybridized carbons (Fsp3) is 0.435. The summed E-state index contributed by atoms with van der Waals surface area (Å²) in [4.78, 5) is 32.9. The van der Waals surface area contributed by atoms with Crippen molar-refractivity contribution in [2.24, 2.45) is 0 Å². The van der Waals surface area contributed by atoms with E-state index in [-0.39, 0.29) is 17.2 Å². The van der Waals surface area contributed by atoms with E-state index in [9.17, 15) is 9.59 Å². The Hall–Kier alpha value is -2.12. The molecule has 7 heteroatoms. The van der Waals surface area contributed by atoms with Gasteiger partial charge in [-0.25, -0.2) is 4.98 Å². The lowest BCUT2D eigenvalue weighted by Crippen LogP contribution is -2.27. The minimum absolute atomic E-state index is 0.0147. The van der Waals surface area contributed by atoms with E-state index in [0.717, 1.165) is 47.2 Å². The highest BCUT2D eigenvalue weighted by molar-refractivity contribution is 7.99. The minimum Gasteiger partial charge on any atom is -0.355 e. The first-order valence-corrected chi connectivity index (χ1v) is 12.3. The number of nitrogens with one attached hydrogen (secondary N) is 1. The fourth-order valence-corrected chi connectivity index (χ4v) is 5.97. The van der Waals surface area contributed by atoms with Crippen LogP contribution in [-0.4, -0.2) is 27.8 Å². The van der Waals surface area contributed by atoms with Crippen LogP contribution in [0.25, 0.3) is 15.9 Å². The van der Waals surface area contributed by atoms with Crippen LogP contribution in [0.4, 0.5) is 0 Å². The van der Waals surface area contributed by atoms with Crippen LogP contribution in [0.1, 0.15) is 47.8 Å².